The number of rotatable bonds is 6. The van der Waals surface area contributed by atoms with Gasteiger partial charge >= 0.3 is 5.97 Å². The van der Waals surface area contributed by atoms with E-state index in [-0.39, 0.29) is 24.5 Å². The third kappa shape index (κ3) is 5.83. The van der Waals surface area contributed by atoms with E-state index in [0.29, 0.717) is 11.3 Å². The number of hydrogen-bond donors (Lipinski definition) is 0. The minimum atomic E-state index is -0.429. The van der Waals surface area contributed by atoms with Gasteiger partial charge in [-0.1, -0.05) is 45.0 Å². The molecule has 1 aliphatic heterocycles. The summed E-state index contributed by atoms with van der Waals surface area (Å²) < 4.78 is 10.8. The fourth-order valence-corrected chi connectivity index (χ4v) is 3.25. The SMILES string of the molecule is CC(C)(C)c1ccc(OCC(=O)OCc2ccc(C(=O)N3CCCC3)cc2)cc1. The molecule has 0 N–H and O–H groups in total. The fourth-order valence-electron chi connectivity index (χ4n) is 3.25. The van der Waals surface area contributed by atoms with Crippen LogP contribution in [0.25, 0.3) is 0 Å². The summed E-state index contributed by atoms with van der Waals surface area (Å²) in [4.78, 5) is 26.2. The summed E-state index contributed by atoms with van der Waals surface area (Å²) in [5.74, 6) is 0.277. The Morgan fingerprint density at radius 3 is 2.14 bits per heavy atom. The number of benzene rings is 2. The largest absolute Gasteiger partial charge is 0.482 e. The highest BCUT2D eigenvalue weighted by Crippen LogP contribution is 2.24. The van der Waals surface area contributed by atoms with Crippen LogP contribution in [0.1, 0.15) is 55.1 Å². The molecule has 1 saturated heterocycles. The number of carbonyl (C=O) groups excluding carboxylic acids is 2. The standard InChI is InChI=1S/C24H29NO4/c1-24(2,3)20-10-12-21(13-11-20)28-17-22(26)29-16-18-6-8-19(9-7-18)23(27)25-14-4-5-15-25/h6-13H,4-5,14-17H2,1-3H3. The lowest BCUT2D eigenvalue weighted by molar-refractivity contribution is -0.147. The van der Waals surface area contributed by atoms with Gasteiger partial charge in [0.05, 0.1) is 0 Å². The predicted molar refractivity (Wildman–Crippen MR) is 112 cm³/mol. The molecular weight excluding hydrogens is 366 g/mol. The second kappa shape index (κ2) is 9.12. The summed E-state index contributed by atoms with van der Waals surface area (Å²) in [5, 5.41) is 0. The van der Waals surface area contributed by atoms with E-state index >= 15 is 0 Å². The van der Waals surface area contributed by atoms with Crippen molar-refractivity contribution in [2.24, 2.45) is 0 Å². The minimum absolute atomic E-state index is 0.0666. The summed E-state index contributed by atoms with van der Waals surface area (Å²) in [6.45, 7) is 8.12. The maximum Gasteiger partial charge on any atom is 0.344 e. The maximum absolute atomic E-state index is 12.3. The number of nitrogens with zero attached hydrogens (tertiary/aromatic N) is 1. The minimum Gasteiger partial charge on any atom is -0.482 e. The van der Waals surface area contributed by atoms with Crippen molar-refractivity contribution in [1.29, 1.82) is 0 Å². The quantitative estimate of drug-likeness (QED) is 0.683. The molecule has 154 valence electrons. The molecule has 2 aromatic rings. The van der Waals surface area contributed by atoms with Gasteiger partial charge in [-0.3, -0.25) is 4.79 Å². The molecular formula is C24H29NO4. The Labute approximate surface area is 172 Å². The summed E-state index contributed by atoms with van der Waals surface area (Å²) in [6, 6.07) is 15.0. The van der Waals surface area contributed by atoms with Gasteiger partial charge in [-0.15, -0.1) is 0 Å². The number of esters is 1. The molecule has 5 nitrogen and oxygen atoms in total. The molecule has 0 saturated carbocycles. The third-order valence-corrected chi connectivity index (χ3v) is 5.07. The number of ether oxygens (including phenoxy) is 2. The number of likely N-dealkylation sites (tertiary alicyclic amines) is 1. The van der Waals surface area contributed by atoms with Crippen molar-refractivity contribution in [3.63, 3.8) is 0 Å². The van der Waals surface area contributed by atoms with E-state index < -0.39 is 5.97 Å². The third-order valence-electron chi connectivity index (χ3n) is 5.07. The molecule has 1 heterocycles. The molecule has 1 aliphatic rings. The number of carbonyl (C=O) groups is 2. The zero-order valence-electron chi connectivity index (χ0n) is 17.4. The van der Waals surface area contributed by atoms with Crippen LogP contribution >= 0.6 is 0 Å². The number of hydrogen-bond acceptors (Lipinski definition) is 4. The van der Waals surface area contributed by atoms with Gasteiger partial charge in [0.25, 0.3) is 5.91 Å². The fraction of sp³-hybridized carbons (Fsp3) is 0.417. The van der Waals surface area contributed by atoms with Crippen molar-refractivity contribution >= 4 is 11.9 Å². The molecule has 0 bridgehead atoms. The molecule has 2 aromatic carbocycles. The Bertz CT molecular complexity index is 829. The van der Waals surface area contributed by atoms with Crippen LogP contribution in [0.5, 0.6) is 5.75 Å². The average molecular weight is 395 g/mol. The Hall–Kier alpha value is -2.82. The predicted octanol–water partition coefficient (Wildman–Crippen LogP) is 4.34. The van der Waals surface area contributed by atoms with Crippen molar-refractivity contribution in [2.75, 3.05) is 19.7 Å². The van der Waals surface area contributed by atoms with E-state index in [4.69, 9.17) is 9.47 Å². The molecule has 0 radical (unpaired) electrons. The van der Waals surface area contributed by atoms with Crippen LogP contribution in [-0.4, -0.2) is 36.5 Å². The van der Waals surface area contributed by atoms with E-state index in [1.807, 2.05) is 41.3 Å². The van der Waals surface area contributed by atoms with Gasteiger partial charge < -0.3 is 14.4 Å². The highest BCUT2D eigenvalue weighted by molar-refractivity contribution is 5.94. The lowest BCUT2D eigenvalue weighted by Crippen LogP contribution is -2.27. The smallest absolute Gasteiger partial charge is 0.344 e. The monoisotopic (exact) mass is 395 g/mol. The summed E-state index contributed by atoms with van der Waals surface area (Å²) in [7, 11) is 0. The average Bonchev–Trinajstić information content (AvgIpc) is 3.25. The molecule has 0 unspecified atom stereocenters. The van der Waals surface area contributed by atoms with Gasteiger partial charge in [-0.2, -0.15) is 0 Å². The molecule has 0 atom stereocenters. The van der Waals surface area contributed by atoms with E-state index in [2.05, 4.69) is 20.8 Å². The summed E-state index contributed by atoms with van der Waals surface area (Å²) >= 11 is 0. The molecule has 0 aromatic heterocycles. The molecule has 5 heteroatoms. The second-order valence-corrected chi connectivity index (χ2v) is 8.42. The van der Waals surface area contributed by atoms with Crippen molar-refractivity contribution in [1.82, 2.24) is 4.90 Å². The van der Waals surface area contributed by atoms with Crippen molar-refractivity contribution < 1.29 is 19.1 Å². The van der Waals surface area contributed by atoms with E-state index in [1.165, 1.54) is 5.56 Å². The highest BCUT2D eigenvalue weighted by atomic mass is 16.6. The van der Waals surface area contributed by atoms with Gasteiger partial charge in [0.2, 0.25) is 0 Å². The van der Waals surface area contributed by atoms with Gasteiger partial charge in [-0.25, -0.2) is 4.79 Å². The van der Waals surface area contributed by atoms with Crippen LogP contribution in [0.2, 0.25) is 0 Å². The van der Waals surface area contributed by atoms with Crippen LogP contribution < -0.4 is 4.74 Å². The zero-order valence-corrected chi connectivity index (χ0v) is 17.4. The van der Waals surface area contributed by atoms with E-state index in [1.54, 1.807) is 12.1 Å². The summed E-state index contributed by atoms with van der Waals surface area (Å²) in [5.41, 5.74) is 2.79. The van der Waals surface area contributed by atoms with Crippen LogP contribution in [0.15, 0.2) is 48.5 Å². The molecule has 1 amide bonds. The molecule has 0 aliphatic carbocycles. The normalized spacial score (nSPS) is 14.0. The Morgan fingerprint density at radius 1 is 0.931 bits per heavy atom. The first kappa shape index (κ1) is 20.9. The van der Waals surface area contributed by atoms with Gasteiger partial charge in [-0.05, 0) is 53.6 Å². The van der Waals surface area contributed by atoms with Gasteiger partial charge in [0.15, 0.2) is 6.61 Å². The van der Waals surface area contributed by atoms with Crippen LogP contribution in [0.3, 0.4) is 0 Å². The first-order valence-electron chi connectivity index (χ1n) is 10.1. The Kier molecular flexibility index (Phi) is 6.57. The van der Waals surface area contributed by atoms with Crippen LogP contribution in [0.4, 0.5) is 0 Å². The molecule has 1 fully saturated rings. The van der Waals surface area contributed by atoms with Crippen LogP contribution in [-0.2, 0) is 21.6 Å². The van der Waals surface area contributed by atoms with E-state index in [9.17, 15) is 9.59 Å². The first-order valence-corrected chi connectivity index (χ1v) is 10.1. The topological polar surface area (TPSA) is 55.8 Å². The van der Waals surface area contributed by atoms with Crippen molar-refractivity contribution in [2.45, 2.75) is 45.6 Å². The maximum atomic E-state index is 12.3. The zero-order chi connectivity index (χ0) is 20.9. The Morgan fingerprint density at radius 2 is 1.55 bits per heavy atom. The lowest BCUT2D eigenvalue weighted by atomic mass is 9.87. The lowest BCUT2D eigenvalue weighted by Gasteiger charge is -2.19. The molecule has 3 rings (SSSR count). The van der Waals surface area contributed by atoms with Gasteiger partial charge in [0.1, 0.15) is 12.4 Å². The summed E-state index contributed by atoms with van der Waals surface area (Å²) in [6.07, 6.45) is 2.14. The number of amides is 1. The van der Waals surface area contributed by atoms with E-state index in [0.717, 1.165) is 31.5 Å². The van der Waals surface area contributed by atoms with Gasteiger partial charge in [0, 0.05) is 18.7 Å². The second-order valence-electron chi connectivity index (χ2n) is 8.42. The molecule has 0 spiro atoms. The first-order chi connectivity index (χ1) is 13.8. The van der Waals surface area contributed by atoms with Crippen molar-refractivity contribution in [3.05, 3.63) is 65.2 Å². The molecule has 29 heavy (non-hydrogen) atoms. The van der Waals surface area contributed by atoms with Crippen molar-refractivity contribution in [3.8, 4) is 5.75 Å². The highest BCUT2D eigenvalue weighted by Gasteiger charge is 2.19. The van der Waals surface area contributed by atoms with Crippen LogP contribution in [0, 0.1) is 0 Å². The Balaban J connectivity index is 1.44.